The largest absolute Gasteiger partial charge is 0.507 e. The number of carbonyl (C=O) groups excluding carboxylic acids is 2. The van der Waals surface area contributed by atoms with Crippen LogP contribution in [-0.2, 0) is 27.4 Å². The summed E-state index contributed by atoms with van der Waals surface area (Å²) in [4.78, 5) is 42.5. The third kappa shape index (κ3) is 12.3. The average molecular weight is 841 g/mol. The molecule has 0 spiro atoms. The molecule has 3 aromatic rings. The standard InChI is InChI=1S/C35H45F3N4O3.C5H3F3OS.CH2O2/c1-4-12-26(29(13-5-2)42(6-3)33(44)31-28(35(36,37)38)17-11-21-40-31)32(43)41-22-19-34(24-39,20-23-41)27-16-9-10-18-30(27)45-25-14-7-8-15-25;6-5(7,8)4-1-3(9)2-10-4;2-1-3/h9-11,16-18,21,25-26,29H,4-8,12-15,19-20,22-23H2,1-3H3;1-2,9H;1H,(H,2,3). The Labute approximate surface area is 338 Å². The van der Waals surface area contributed by atoms with Gasteiger partial charge in [0.1, 0.15) is 22.1 Å². The fourth-order valence-electron chi connectivity index (χ4n) is 7.54. The molecule has 0 radical (unpaired) electrons. The fourth-order valence-corrected chi connectivity index (χ4v) is 8.18. The van der Waals surface area contributed by atoms with E-state index in [1.807, 2.05) is 38.1 Å². The maximum atomic E-state index is 14.2. The smallest absolute Gasteiger partial charge is 0.425 e. The number of ether oxygens (including phenoxy) is 1. The fraction of sp³-hybridized carbons (Fsp3) is 0.537. The zero-order valence-corrected chi connectivity index (χ0v) is 33.5. The highest BCUT2D eigenvalue weighted by Gasteiger charge is 2.44. The number of nitrogens with zero attached hydrogens (tertiary/aromatic N) is 4. The number of aromatic nitrogens is 1. The number of hydrogen-bond donors (Lipinski definition) is 2. The number of likely N-dealkylation sites (tertiary alicyclic amines) is 1. The van der Waals surface area contributed by atoms with E-state index < -0.39 is 51.8 Å². The first-order chi connectivity index (χ1) is 27.5. The van der Waals surface area contributed by atoms with Crippen LogP contribution in [0.15, 0.2) is 54.0 Å². The van der Waals surface area contributed by atoms with Crippen molar-refractivity contribution in [3.63, 3.8) is 0 Å². The van der Waals surface area contributed by atoms with Gasteiger partial charge < -0.3 is 24.7 Å². The molecule has 1 aliphatic heterocycles. The molecule has 2 amide bonds. The third-order valence-electron chi connectivity index (χ3n) is 10.3. The number of carbonyl (C=O) groups is 3. The molecule has 58 heavy (non-hydrogen) atoms. The van der Waals surface area contributed by atoms with Crippen molar-refractivity contribution >= 4 is 29.6 Å². The number of pyridine rings is 1. The Morgan fingerprint density at radius 2 is 1.66 bits per heavy atom. The lowest BCUT2D eigenvalue weighted by atomic mass is 9.73. The minimum Gasteiger partial charge on any atom is -0.507 e. The van der Waals surface area contributed by atoms with Crippen molar-refractivity contribution in [2.75, 3.05) is 19.6 Å². The van der Waals surface area contributed by atoms with Gasteiger partial charge in [-0.1, -0.05) is 44.9 Å². The third-order valence-corrected chi connectivity index (χ3v) is 11.3. The second kappa shape index (κ2) is 21.8. The summed E-state index contributed by atoms with van der Waals surface area (Å²) in [5, 5.41) is 26.9. The second-order valence-corrected chi connectivity index (χ2v) is 15.0. The molecular formula is C41H50F6N4O6S. The highest BCUT2D eigenvalue weighted by molar-refractivity contribution is 7.10. The van der Waals surface area contributed by atoms with E-state index in [9.17, 15) is 41.2 Å². The van der Waals surface area contributed by atoms with E-state index in [1.165, 1.54) is 17.2 Å². The summed E-state index contributed by atoms with van der Waals surface area (Å²) in [5.74, 6) is -1.14. The van der Waals surface area contributed by atoms with Crippen LogP contribution >= 0.6 is 11.3 Å². The number of nitriles is 1. The number of thiophene rings is 1. The molecule has 2 fully saturated rings. The van der Waals surface area contributed by atoms with Crippen LogP contribution in [0, 0.1) is 17.2 Å². The Kier molecular flexibility index (Phi) is 17.8. The van der Waals surface area contributed by atoms with Gasteiger partial charge >= 0.3 is 12.4 Å². The number of carboxylic acid groups (broad SMARTS) is 1. The first-order valence-electron chi connectivity index (χ1n) is 19.2. The molecule has 1 aliphatic carbocycles. The number of rotatable bonds is 12. The SMILES string of the molecule is CCCC(C(=O)N1CCC(C#N)(c2ccccc2OC2CCCC2)CC1)C(CCC)N(CC)C(=O)c1ncccc1C(F)(F)F.O=CO.Oc1csc(C(F)(F)F)c1. The zero-order valence-electron chi connectivity index (χ0n) is 32.7. The van der Waals surface area contributed by atoms with Crippen LogP contribution < -0.4 is 4.74 Å². The number of para-hydroxylation sites is 1. The minimum atomic E-state index is -4.74. The molecule has 1 aromatic carbocycles. The van der Waals surface area contributed by atoms with Crippen molar-refractivity contribution in [1.29, 1.82) is 5.26 Å². The predicted molar refractivity (Wildman–Crippen MR) is 205 cm³/mol. The molecule has 17 heteroatoms. The first-order valence-corrected chi connectivity index (χ1v) is 20.1. The molecule has 0 bridgehead atoms. The van der Waals surface area contributed by atoms with Gasteiger partial charge in [-0.2, -0.15) is 31.6 Å². The lowest BCUT2D eigenvalue weighted by molar-refractivity contribution is -0.140. The molecule has 2 aromatic heterocycles. The van der Waals surface area contributed by atoms with Crippen molar-refractivity contribution < 1.29 is 55.7 Å². The molecule has 1 saturated carbocycles. The second-order valence-electron chi connectivity index (χ2n) is 14.1. The normalized spacial score (nSPS) is 16.4. The Hall–Kier alpha value is -4.85. The quantitative estimate of drug-likeness (QED) is 0.136. The summed E-state index contributed by atoms with van der Waals surface area (Å²) in [5.41, 5.74) is -1.67. The Bertz CT molecular complexity index is 1820. The van der Waals surface area contributed by atoms with E-state index in [1.54, 1.807) is 11.8 Å². The van der Waals surface area contributed by atoms with Crippen LogP contribution in [0.25, 0.3) is 0 Å². The topological polar surface area (TPSA) is 144 Å². The highest BCUT2D eigenvalue weighted by Crippen LogP contribution is 2.42. The Morgan fingerprint density at radius 3 is 2.16 bits per heavy atom. The van der Waals surface area contributed by atoms with E-state index in [2.05, 4.69) is 11.1 Å². The van der Waals surface area contributed by atoms with Crippen LogP contribution in [-0.4, -0.2) is 75.1 Å². The first kappa shape index (κ1) is 47.5. The molecule has 3 heterocycles. The van der Waals surface area contributed by atoms with Gasteiger partial charge in [0.05, 0.1) is 29.1 Å². The summed E-state index contributed by atoms with van der Waals surface area (Å²) in [6, 6.07) is 12.4. The summed E-state index contributed by atoms with van der Waals surface area (Å²) in [6.07, 6.45) is -0.304. The van der Waals surface area contributed by atoms with Crippen LogP contribution in [0.5, 0.6) is 11.5 Å². The highest BCUT2D eigenvalue weighted by atomic mass is 32.1. The van der Waals surface area contributed by atoms with Crippen molar-refractivity contribution in [1.82, 2.24) is 14.8 Å². The monoisotopic (exact) mass is 840 g/mol. The van der Waals surface area contributed by atoms with Gasteiger partial charge in [0.15, 0.2) is 0 Å². The Morgan fingerprint density at radius 1 is 1.03 bits per heavy atom. The van der Waals surface area contributed by atoms with Crippen LogP contribution in [0.1, 0.15) is 111 Å². The van der Waals surface area contributed by atoms with Crippen molar-refractivity contribution in [3.05, 3.63) is 75.7 Å². The van der Waals surface area contributed by atoms with E-state index in [-0.39, 0.29) is 30.8 Å². The molecule has 5 rings (SSSR count). The van der Waals surface area contributed by atoms with Gasteiger partial charge in [0.2, 0.25) is 5.91 Å². The number of alkyl halides is 6. The van der Waals surface area contributed by atoms with Crippen molar-refractivity contribution in [2.45, 2.75) is 115 Å². The molecule has 1 saturated heterocycles. The van der Waals surface area contributed by atoms with Crippen molar-refractivity contribution in [2.24, 2.45) is 5.92 Å². The number of piperidine rings is 1. The van der Waals surface area contributed by atoms with E-state index >= 15 is 0 Å². The summed E-state index contributed by atoms with van der Waals surface area (Å²) in [7, 11) is 0. The maximum absolute atomic E-state index is 14.2. The summed E-state index contributed by atoms with van der Waals surface area (Å²) >= 11 is 0.481. The summed E-state index contributed by atoms with van der Waals surface area (Å²) in [6.45, 7) is 6.23. The van der Waals surface area contributed by atoms with Crippen LogP contribution in [0.3, 0.4) is 0 Å². The van der Waals surface area contributed by atoms with Gasteiger partial charge in [0, 0.05) is 48.9 Å². The van der Waals surface area contributed by atoms with Gasteiger partial charge in [0.25, 0.3) is 12.4 Å². The Balaban J connectivity index is 0.000000591. The average Bonchev–Trinajstić information content (AvgIpc) is 3.89. The van der Waals surface area contributed by atoms with Gasteiger partial charge in [-0.15, -0.1) is 11.3 Å². The number of amides is 2. The van der Waals surface area contributed by atoms with Crippen LogP contribution in [0.2, 0.25) is 0 Å². The lowest BCUT2D eigenvalue weighted by Gasteiger charge is -2.42. The van der Waals surface area contributed by atoms with Crippen LogP contribution in [0.4, 0.5) is 26.3 Å². The molecule has 318 valence electrons. The zero-order chi connectivity index (χ0) is 43.1. The molecule has 2 aliphatic rings. The van der Waals surface area contributed by atoms with E-state index in [0.717, 1.165) is 48.4 Å². The number of benzene rings is 1. The maximum Gasteiger partial charge on any atom is 0.425 e. The number of hydrogen-bond acceptors (Lipinski definition) is 8. The molecule has 2 N–H and O–H groups in total. The van der Waals surface area contributed by atoms with Gasteiger partial charge in [-0.3, -0.25) is 19.4 Å². The minimum absolute atomic E-state index is 0.124. The number of halogens is 6. The van der Waals surface area contributed by atoms with Crippen molar-refractivity contribution in [3.8, 4) is 17.6 Å². The van der Waals surface area contributed by atoms with Gasteiger partial charge in [-0.05, 0) is 76.5 Å². The molecular weight excluding hydrogens is 791 g/mol. The van der Waals surface area contributed by atoms with E-state index in [4.69, 9.17) is 19.7 Å². The number of aromatic hydroxyl groups is 1. The summed E-state index contributed by atoms with van der Waals surface area (Å²) < 4.78 is 82.9. The lowest BCUT2D eigenvalue weighted by Crippen LogP contribution is -2.53. The molecule has 10 nitrogen and oxygen atoms in total. The molecule has 2 atom stereocenters. The predicted octanol–water partition coefficient (Wildman–Crippen LogP) is 9.73. The van der Waals surface area contributed by atoms with Gasteiger partial charge in [-0.25, -0.2) is 0 Å². The van der Waals surface area contributed by atoms with E-state index in [0.29, 0.717) is 69.0 Å². The molecule has 2 unspecified atom stereocenters.